The number of carbonyl (C=O) groups is 3. The molecule has 2 aliphatic rings. The summed E-state index contributed by atoms with van der Waals surface area (Å²) in [5.41, 5.74) is 1.87. The number of imide groups is 1. The molecule has 0 N–H and O–H groups in total. The van der Waals surface area contributed by atoms with Crippen LogP contribution < -0.4 is 0 Å². The summed E-state index contributed by atoms with van der Waals surface area (Å²) in [5, 5.41) is 0. The van der Waals surface area contributed by atoms with Gasteiger partial charge in [-0.05, 0) is 43.0 Å². The highest BCUT2D eigenvalue weighted by molar-refractivity contribution is 6.21. The standard InChI is InChI=1S/C21H21N3O3/c25-19(23-12-4-3-9-18(23)15-6-5-11-22-14-15)10-13-24-20(26)16-7-1-2-8-17(16)21(24)27/h1-2,5-8,11,14,18H,3-4,9-10,12-13H2/t18-/m1/s1. The zero-order chi connectivity index (χ0) is 18.8. The Bertz CT molecular complexity index is 846. The lowest BCUT2D eigenvalue weighted by Crippen LogP contribution is -2.41. The highest BCUT2D eigenvalue weighted by Crippen LogP contribution is 2.31. The maximum absolute atomic E-state index is 12.9. The van der Waals surface area contributed by atoms with E-state index in [1.165, 1.54) is 4.90 Å². The Balaban J connectivity index is 1.45. The van der Waals surface area contributed by atoms with Gasteiger partial charge >= 0.3 is 0 Å². The first-order valence-corrected chi connectivity index (χ1v) is 9.31. The quantitative estimate of drug-likeness (QED) is 0.783. The fourth-order valence-corrected chi connectivity index (χ4v) is 3.94. The molecule has 3 heterocycles. The third kappa shape index (κ3) is 3.23. The minimum absolute atomic E-state index is 0.0159. The Kier molecular flexibility index (Phi) is 4.71. The average Bonchev–Trinajstić information content (AvgIpc) is 2.97. The third-order valence-electron chi connectivity index (χ3n) is 5.32. The van der Waals surface area contributed by atoms with E-state index in [9.17, 15) is 14.4 Å². The Labute approximate surface area is 157 Å². The van der Waals surface area contributed by atoms with E-state index >= 15 is 0 Å². The first kappa shape index (κ1) is 17.4. The summed E-state index contributed by atoms with van der Waals surface area (Å²) >= 11 is 0. The van der Waals surface area contributed by atoms with Crippen molar-refractivity contribution < 1.29 is 14.4 Å². The van der Waals surface area contributed by atoms with E-state index in [4.69, 9.17) is 0 Å². The lowest BCUT2D eigenvalue weighted by atomic mass is 9.96. The molecule has 0 saturated carbocycles. The highest BCUT2D eigenvalue weighted by Gasteiger charge is 2.36. The SMILES string of the molecule is O=C1c2ccccc2C(=O)N1CCC(=O)N1CCCC[C@@H]1c1cccnc1. The molecule has 0 spiro atoms. The minimum atomic E-state index is -0.314. The Morgan fingerprint density at radius 1 is 1.04 bits per heavy atom. The van der Waals surface area contributed by atoms with Gasteiger partial charge in [0.2, 0.25) is 5.91 Å². The third-order valence-corrected chi connectivity index (χ3v) is 5.32. The number of nitrogens with zero attached hydrogens (tertiary/aromatic N) is 3. The lowest BCUT2D eigenvalue weighted by molar-refractivity contribution is -0.135. The van der Waals surface area contributed by atoms with E-state index in [1.807, 2.05) is 17.0 Å². The monoisotopic (exact) mass is 363 g/mol. The van der Waals surface area contributed by atoms with Crippen molar-refractivity contribution >= 4 is 17.7 Å². The molecule has 1 saturated heterocycles. The van der Waals surface area contributed by atoms with Crippen LogP contribution in [-0.2, 0) is 4.79 Å². The number of pyridine rings is 1. The van der Waals surface area contributed by atoms with E-state index in [1.54, 1.807) is 36.7 Å². The van der Waals surface area contributed by atoms with Gasteiger partial charge in [-0.15, -0.1) is 0 Å². The number of carbonyl (C=O) groups excluding carboxylic acids is 3. The van der Waals surface area contributed by atoms with Gasteiger partial charge in [-0.25, -0.2) is 0 Å². The number of piperidine rings is 1. The minimum Gasteiger partial charge on any atom is -0.336 e. The van der Waals surface area contributed by atoms with Crippen molar-refractivity contribution in [2.24, 2.45) is 0 Å². The van der Waals surface area contributed by atoms with Crippen LogP contribution in [0.25, 0.3) is 0 Å². The number of fused-ring (bicyclic) bond motifs is 1. The molecule has 1 aromatic heterocycles. The zero-order valence-electron chi connectivity index (χ0n) is 15.0. The molecule has 1 aromatic carbocycles. The predicted molar refractivity (Wildman–Crippen MR) is 99.0 cm³/mol. The Morgan fingerprint density at radius 2 is 1.78 bits per heavy atom. The van der Waals surface area contributed by atoms with Gasteiger partial charge < -0.3 is 4.90 Å². The molecule has 27 heavy (non-hydrogen) atoms. The summed E-state index contributed by atoms with van der Waals surface area (Å²) in [7, 11) is 0. The molecule has 0 aliphatic carbocycles. The first-order chi connectivity index (χ1) is 13.2. The predicted octanol–water partition coefficient (Wildman–Crippen LogP) is 2.82. The zero-order valence-corrected chi connectivity index (χ0v) is 15.0. The number of hydrogen-bond donors (Lipinski definition) is 0. The molecule has 0 bridgehead atoms. The molecule has 4 rings (SSSR count). The number of amides is 3. The lowest BCUT2D eigenvalue weighted by Gasteiger charge is -2.36. The molecule has 1 atom stereocenters. The molecule has 6 nitrogen and oxygen atoms in total. The van der Waals surface area contributed by atoms with Gasteiger partial charge in [0.25, 0.3) is 11.8 Å². The molecular weight excluding hydrogens is 342 g/mol. The van der Waals surface area contributed by atoms with Crippen molar-refractivity contribution in [3.8, 4) is 0 Å². The van der Waals surface area contributed by atoms with Crippen LogP contribution in [-0.4, -0.2) is 45.6 Å². The van der Waals surface area contributed by atoms with Crippen LogP contribution in [0.5, 0.6) is 0 Å². The van der Waals surface area contributed by atoms with Crippen molar-refractivity contribution in [3.05, 3.63) is 65.5 Å². The number of rotatable bonds is 4. The summed E-state index contributed by atoms with van der Waals surface area (Å²) in [4.78, 5) is 45.0. The van der Waals surface area contributed by atoms with Crippen LogP contribution in [0, 0.1) is 0 Å². The second-order valence-electron chi connectivity index (χ2n) is 6.94. The van der Waals surface area contributed by atoms with Gasteiger partial charge in [0.15, 0.2) is 0 Å². The molecule has 0 radical (unpaired) electrons. The molecular formula is C21H21N3O3. The largest absolute Gasteiger partial charge is 0.336 e. The van der Waals surface area contributed by atoms with Gasteiger partial charge in [0.1, 0.15) is 0 Å². The summed E-state index contributed by atoms with van der Waals surface area (Å²) in [6.45, 7) is 0.807. The van der Waals surface area contributed by atoms with Crippen LogP contribution in [0.1, 0.15) is 58.0 Å². The first-order valence-electron chi connectivity index (χ1n) is 9.31. The van der Waals surface area contributed by atoms with E-state index in [0.29, 0.717) is 17.7 Å². The molecule has 138 valence electrons. The normalized spacial score (nSPS) is 19.3. The van der Waals surface area contributed by atoms with Crippen molar-refractivity contribution in [1.82, 2.24) is 14.8 Å². The van der Waals surface area contributed by atoms with Gasteiger partial charge in [-0.2, -0.15) is 0 Å². The topological polar surface area (TPSA) is 70.6 Å². The second-order valence-corrected chi connectivity index (χ2v) is 6.94. The van der Waals surface area contributed by atoms with E-state index in [0.717, 1.165) is 24.8 Å². The molecule has 3 amide bonds. The highest BCUT2D eigenvalue weighted by atomic mass is 16.2. The van der Waals surface area contributed by atoms with Crippen molar-refractivity contribution in [2.45, 2.75) is 31.7 Å². The second kappa shape index (κ2) is 7.31. The van der Waals surface area contributed by atoms with E-state index in [2.05, 4.69) is 4.98 Å². The van der Waals surface area contributed by atoms with Gasteiger partial charge in [0, 0.05) is 31.9 Å². The Morgan fingerprint density at radius 3 is 2.44 bits per heavy atom. The summed E-state index contributed by atoms with van der Waals surface area (Å²) in [5.74, 6) is -0.656. The van der Waals surface area contributed by atoms with Gasteiger partial charge in [-0.3, -0.25) is 24.3 Å². The molecule has 2 aromatic rings. The molecule has 1 fully saturated rings. The number of likely N-dealkylation sites (tertiary alicyclic amines) is 1. The number of benzene rings is 1. The van der Waals surface area contributed by atoms with Crippen molar-refractivity contribution in [2.75, 3.05) is 13.1 Å². The smallest absolute Gasteiger partial charge is 0.261 e. The van der Waals surface area contributed by atoms with Crippen molar-refractivity contribution in [1.29, 1.82) is 0 Å². The number of aromatic nitrogens is 1. The number of hydrogen-bond acceptors (Lipinski definition) is 4. The summed E-state index contributed by atoms with van der Waals surface area (Å²) < 4.78 is 0. The average molecular weight is 363 g/mol. The van der Waals surface area contributed by atoms with Crippen LogP contribution in [0.15, 0.2) is 48.8 Å². The van der Waals surface area contributed by atoms with Crippen LogP contribution >= 0.6 is 0 Å². The van der Waals surface area contributed by atoms with Crippen LogP contribution in [0.3, 0.4) is 0 Å². The van der Waals surface area contributed by atoms with Crippen molar-refractivity contribution in [3.63, 3.8) is 0 Å². The molecule has 0 unspecified atom stereocenters. The van der Waals surface area contributed by atoms with Gasteiger partial charge in [0.05, 0.1) is 17.2 Å². The maximum Gasteiger partial charge on any atom is 0.261 e. The summed E-state index contributed by atoms with van der Waals surface area (Å²) in [6.07, 6.45) is 6.62. The maximum atomic E-state index is 12.9. The fraction of sp³-hybridized carbons (Fsp3) is 0.333. The summed E-state index contributed by atoms with van der Waals surface area (Å²) in [6, 6.07) is 10.7. The van der Waals surface area contributed by atoms with Gasteiger partial charge in [-0.1, -0.05) is 18.2 Å². The molecule has 2 aliphatic heterocycles. The van der Waals surface area contributed by atoms with Crippen LogP contribution in [0.2, 0.25) is 0 Å². The van der Waals surface area contributed by atoms with Crippen LogP contribution in [0.4, 0.5) is 0 Å². The van der Waals surface area contributed by atoms with E-state index < -0.39 is 0 Å². The Hall–Kier alpha value is -3.02. The molecule has 6 heteroatoms. The fourth-order valence-electron chi connectivity index (χ4n) is 3.94. The van der Waals surface area contributed by atoms with E-state index in [-0.39, 0.29) is 36.7 Å².